The minimum absolute atomic E-state index is 0. The van der Waals surface area contributed by atoms with Gasteiger partial charge in [0.2, 0.25) is 0 Å². The topological polar surface area (TPSA) is 64.1 Å². The van der Waals surface area contributed by atoms with Crippen molar-refractivity contribution in [3.8, 4) is 11.5 Å². The molecule has 0 aliphatic carbocycles. The smallest absolute Gasteiger partial charge is 0.195 e. The molecule has 0 fully saturated rings. The van der Waals surface area contributed by atoms with Gasteiger partial charge in [0.15, 0.2) is 17.5 Å². The molecule has 0 saturated carbocycles. The maximum atomic E-state index is 5.54. The highest BCUT2D eigenvalue weighted by Crippen LogP contribution is 2.29. The highest BCUT2D eigenvalue weighted by atomic mass is 127. The monoisotopic (exact) mass is 451 g/mol. The molecule has 0 spiro atoms. The van der Waals surface area contributed by atoms with Crippen LogP contribution < -0.4 is 20.1 Å². The van der Waals surface area contributed by atoms with E-state index in [2.05, 4.69) is 29.5 Å². The van der Waals surface area contributed by atoms with E-state index in [0.29, 0.717) is 36.5 Å². The summed E-state index contributed by atoms with van der Waals surface area (Å²) in [4.78, 5) is 4.50. The van der Waals surface area contributed by atoms with Crippen LogP contribution in [0.25, 0.3) is 0 Å². The van der Waals surface area contributed by atoms with E-state index in [1.54, 1.807) is 14.2 Å². The van der Waals surface area contributed by atoms with E-state index in [1.807, 2.05) is 25.1 Å². The Morgan fingerprint density at radius 1 is 1.17 bits per heavy atom. The number of hydrogen-bond acceptors (Lipinski definition) is 4. The van der Waals surface area contributed by atoms with Gasteiger partial charge in [-0.05, 0) is 25.0 Å². The van der Waals surface area contributed by atoms with Crippen molar-refractivity contribution in [1.82, 2.24) is 5.32 Å². The van der Waals surface area contributed by atoms with Gasteiger partial charge in [0.25, 0.3) is 0 Å². The molecular formula is C17H30IN3O3. The number of anilines is 1. The minimum Gasteiger partial charge on any atom is -0.493 e. The molecule has 0 amide bonds. The standard InChI is InChI=1S/C17H29N3O3.HI/c1-6-18-17(19-9-10-23-12-13(2)3)20-14-7-8-15(21-4)16(11-14)22-5;/h7-8,11,13H,6,9-10,12H2,1-5H3,(H2,18,19,20);1H. The lowest BCUT2D eigenvalue weighted by atomic mass is 10.2. The van der Waals surface area contributed by atoms with Gasteiger partial charge in [-0.3, -0.25) is 4.99 Å². The van der Waals surface area contributed by atoms with Crippen LogP contribution in [-0.2, 0) is 4.74 Å². The van der Waals surface area contributed by atoms with E-state index < -0.39 is 0 Å². The summed E-state index contributed by atoms with van der Waals surface area (Å²) in [7, 11) is 3.24. The summed E-state index contributed by atoms with van der Waals surface area (Å²) in [6.45, 7) is 9.05. The van der Waals surface area contributed by atoms with Crippen LogP contribution in [0.5, 0.6) is 11.5 Å². The molecule has 1 rings (SSSR count). The second kappa shape index (κ2) is 13.1. The number of nitrogens with one attached hydrogen (secondary N) is 2. The predicted molar refractivity (Wildman–Crippen MR) is 110 cm³/mol. The van der Waals surface area contributed by atoms with Gasteiger partial charge < -0.3 is 24.8 Å². The number of hydrogen-bond donors (Lipinski definition) is 2. The maximum absolute atomic E-state index is 5.54. The fraction of sp³-hybridized carbons (Fsp3) is 0.588. The van der Waals surface area contributed by atoms with E-state index >= 15 is 0 Å². The second-order valence-electron chi connectivity index (χ2n) is 5.42. The number of benzene rings is 1. The summed E-state index contributed by atoms with van der Waals surface area (Å²) < 4.78 is 16.1. The van der Waals surface area contributed by atoms with Crippen molar-refractivity contribution in [1.29, 1.82) is 0 Å². The largest absolute Gasteiger partial charge is 0.493 e. The highest BCUT2D eigenvalue weighted by molar-refractivity contribution is 14.0. The Kier molecular flexibility index (Phi) is 12.4. The lowest BCUT2D eigenvalue weighted by Gasteiger charge is -2.14. The molecule has 24 heavy (non-hydrogen) atoms. The van der Waals surface area contributed by atoms with Gasteiger partial charge in [-0.25, -0.2) is 0 Å². The zero-order chi connectivity index (χ0) is 17.1. The first kappa shape index (κ1) is 22.8. The lowest BCUT2D eigenvalue weighted by molar-refractivity contribution is 0.117. The maximum Gasteiger partial charge on any atom is 0.195 e. The van der Waals surface area contributed by atoms with Crippen molar-refractivity contribution in [3.05, 3.63) is 18.2 Å². The number of rotatable bonds is 9. The van der Waals surface area contributed by atoms with Gasteiger partial charge in [0.05, 0.1) is 27.4 Å². The molecule has 0 atom stereocenters. The molecule has 0 bridgehead atoms. The van der Waals surface area contributed by atoms with E-state index in [0.717, 1.165) is 18.8 Å². The Morgan fingerprint density at radius 3 is 2.46 bits per heavy atom. The molecule has 138 valence electrons. The molecule has 0 unspecified atom stereocenters. The van der Waals surface area contributed by atoms with E-state index in [1.165, 1.54) is 0 Å². The van der Waals surface area contributed by atoms with E-state index in [-0.39, 0.29) is 24.0 Å². The van der Waals surface area contributed by atoms with Crippen LogP contribution in [0.1, 0.15) is 20.8 Å². The van der Waals surface area contributed by atoms with Gasteiger partial charge in [-0.1, -0.05) is 13.8 Å². The fourth-order valence-electron chi connectivity index (χ4n) is 1.90. The number of nitrogens with zero attached hydrogens (tertiary/aromatic N) is 1. The average molecular weight is 451 g/mol. The summed E-state index contributed by atoms with van der Waals surface area (Å²) in [6, 6.07) is 5.65. The number of halogens is 1. The first-order valence-electron chi connectivity index (χ1n) is 7.95. The molecule has 7 heteroatoms. The van der Waals surface area contributed by atoms with Crippen molar-refractivity contribution in [2.75, 3.05) is 45.8 Å². The first-order chi connectivity index (χ1) is 11.1. The van der Waals surface area contributed by atoms with Crippen molar-refractivity contribution < 1.29 is 14.2 Å². The van der Waals surface area contributed by atoms with Gasteiger partial charge in [-0.2, -0.15) is 0 Å². The summed E-state index contributed by atoms with van der Waals surface area (Å²) in [5.74, 6) is 2.63. The average Bonchev–Trinajstić information content (AvgIpc) is 2.54. The molecule has 1 aromatic rings. The minimum atomic E-state index is 0. The number of aliphatic imine (C=N–C) groups is 1. The summed E-state index contributed by atoms with van der Waals surface area (Å²) in [6.07, 6.45) is 0. The Bertz CT molecular complexity index is 496. The molecule has 0 heterocycles. The van der Waals surface area contributed by atoms with Crippen LogP contribution in [0.3, 0.4) is 0 Å². The molecular weight excluding hydrogens is 421 g/mol. The first-order valence-corrected chi connectivity index (χ1v) is 7.95. The third-order valence-electron chi connectivity index (χ3n) is 2.95. The number of methoxy groups -OCH3 is 2. The van der Waals surface area contributed by atoms with Crippen LogP contribution in [0.4, 0.5) is 5.69 Å². The molecule has 1 aromatic carbocycles. The Morgan fingerprint density at radius 2 is 1.88 bits per heavy atom. The SMILES string of the molecule is CCNC(=NCCOCC(C)C)Nc1ccc(OC)c(OC)c1.I. The van der Waals surface area contributed by atoms with Crippen molar-refractivity contribution >= 4 is 35.6 Å². The normalized spacial score (nSPS) is 11.0. The molecule has 0 aliphatic heterocycles. The zero-order valence-electron chi connectivity index (χ0n) is 15.2. The van der Waals surface area contributed by atoms with Gasteiger partial charge >= 0.3 is 0 Å². The van der Waals surface area contributed by atoms with Gasteiger partial charge in [0, 0.05) is 24.9 Å². The fourth-order valence-corrected chi connectivity index (χ4v) is 1.90. The predicted octanol–water partition coefficient (Wildman–Crippen LogP) is 3.37. The number of guanidine groups is 1. The van der Waals surface area contributed by atoms with Crippen LogP contribution in [0, 0.1) is 5.92 Å². The van der Waals surface area contributed by atoms with Crippen LogP contribution >= 0.6 is 24.0 Å². The Balaban J connectivity index is 0.00000529. The van der Waals surface area contributed by atoms with Crippen molar-refractivity contribution in [3.63, 3.8) is 0 Å². The Hall–Kier alpha value is -1.22. The highest BCUT2D eigenvalue weighted by Gasteiger charge is 2.06. The van der Waals surface area contributed by atoms with E-state index in [9.17, 15) is 0 Å². The second-order valence-corrected chi connectivity index (χ2v) is 5.42. The van der Waals surface area contributed by atoms with Gasteiger partial charge in [0.1, 0.15) is 0 Å². The van der Waals surface area contributed by atoms with Crippen LogP contribution in [0.15, 0.2) is 23.2 Å². The molecule has 2 N–H and O–H groups in total. The number of ether oxygens (including phenoxy) is 3. The van der Waals surface area contributed by atoms with Crippen molar-refractivity contribution in [2.45, 2.75) is 20.8 Å². The molecule has 6 nitrogen and oxygen atoms in total. The summed E-state index contributed by atoms with van der Waals surface area (Å²) >= 11 is 0. The zero-order valence-corrected chi connectivity index (χ0v) is 17.5. The lowest BCUT2D eigenvalue weighted by Crippen LogP contribution is -2.31. The van der Waals surface area contributed by atoms with Crippen LogP contribution in [-0.4, -0.2) is 46.5 Å². The quantitative estimate of drug-likeness (QED) is 0.261. The molecule has 0 radical (unpaired) electrons. The molecule has 0 saturated heterocycles. The van der Waals surface area contributed by atoms with Gasteiger partial charge in [-0.15, -0.1) is 24.0 Å². The summed E-state index contributed by atoms with van der Waals surface area (Å²) in [5, 5.41) is 6.46. The third-order valence-corrected chi connectivity index (χ3v) is 2.95. The summed E-state index contributed by atoms with van der Waals surface area (Å²) in [5.41, 5.74) is 0.880. The Labute approximate surface area is 162 Å². The van der Waals surface area contributed by atoms with Crippen LogP contribution in [0.2, 0.25) is 0 Å². The molecule has 0 aliphatic rings. The third kappa shape index (κ3) is 8.58. The van der Waals surface area contributed by atoms with Crippen molar-refractivity contribution in [2.24, 2.45) is 10.9 Å². The van der Waals surface area contributed by atoms with E-state index in [4.69, 9.17) is 14.2 Å². The molecule has 0 aromatic heterocycles.